The van der Waals surface area contributed by atoms with Crippen molar-refractivity contribution in [3.8, 4) is 22.9 Å². The summed E-state index contributed by atoms with van der Waals surface area (Å²) in [4.78, 5) is 7.76. The predicted molar refractivity (Wildman–Crippen MR) is 77.4 cm³/mol. The summed E-state index contributed by atoms with van der Waals surface area (Å²) in [6.07, 6.45) is 0. The summed E-state index contributed by atoms with van der Waals surface area (Å²) in [5.74, 6) is 1.66. The Balaban J connectivity index is 2.19. The van der Waals surface area contributed by atoms with E-state index < -0.39 is 0 Å². The molecule has 5 heteroatoms. The number of rotatable bonds is 2. The quantitative estimate of drug-likeness (QED) is 0.757. The van der Waals surface area contributed by atoms with E-state index in [1.54, 1.807) is 25.3 Å². The Bertz CT molecular complexity index is 752. The minimum atomic E-state index is 0.217. The Hall–Kier alpha value is -2.01. The molecule has 19 heavy (non-hydrogen) atoms. The zero-order valence-corrected chi connectivity index (χ0v) is 11.7. The molecular formula is C14H11BrN2O2. The van der Waals surface area contributed by atoms with Crippen molar-refractivity contribution in [1.29, 1.82) is 0 Å². The number of hydrogen-bond acceptors (Lipinski definition) is 3. The lowest BCUT2D eigenvalue weighted by molar-refractivity contribution is 0.413. The van der Waals surface area contributed by atoms with E-state index in [9.17, 15) is 5.11 Å². The number of phenols is 1. The smallest absolute Gasteiger partial charge is 0.138 e. The van der Waals surface area contributed by atoms with Gasteiger partial charge in [0, 0.05) is 5.56 Å². The number of halogens is 1. The molecule has 0 aliphatic carbocycles. The van der Waals surface area contributed by atoms with Crippen molar-refractivity contribution in [2.24, 2.45) is 0 Å². The van der Waals surface area contributed by atoms with Gasteiger partial charge in [-0.25, -0.2) is 4.98 Å². The summed E-state index contributed by atoms with van der Waals surface area (Å²) >= 11 is 3.49. The largest absolute Gasteiger partial charge is 0.508 e. The van der Waals surface area contributed by atoms with Crippen LogP contribution in [0.25, 0.3) is 22.4 Å². The van der Waals surface area contributed by atoms with E-state index in [4.69, 9.17) is 4.74 Å². The zero-order chi connectivity index (χ0) is 13.4. The van der Waals surface area contributed by atoms with Crippen molar-refractivity contribution in [2.75, 3.05) is 7.11 Å². The lowest BCUT2D eigenvalue weighted by Crippen LogP contribution is -1.84. The number of aromatic amines is 1. The predicted octanol–water partition coefficient (Wildman–Crippen LogP) is 3.71. The third-order valence-electron chi connectivity index (χ3n) is 2.90. The third kappa shape index (κ3) is 2.06. The van der Waals surface area contributed by atoms with Gasteiger partial charge in [-0.3, -0.25) is 0 Å². The molecular weight excluding hydrogens is 308 g/mol. The Morgan fingerprint density at radius 2 is 2.11 bits per heavy atom. The molecule has 0 bridgehead atoms. The highest BCUT2D eigenvalue weighted by molar-refractivity contribution is 9.10. The monoisotopic (exact) mass is 318 g/mol. The first-order chi connectivity index (χ1) is 9.19. The van der Waals surface area contributed by atoms with Gasteiger partial charge in [0.25, 0.3) is 0 Å². The maximum atomic E-state index is 9.52. The minimum Gasteiger partial charge on any atom is -0.508 e. The van der Waals surface area contributed by atoms with Gasteiger partial charge in [-0.1, -0.05) is 12.1 Å². The highest BCUT2D eigenvalue weighted by atomic mass is 79.9. The fourth-order valence-corrected chi connectivity index (χ4v) is 2.57. The standard InChI is InChI=1S/C14H11BrN2O2/c1-19-11-6-5-10-13(12(11)15)17-14(16-10)8-3-2-4-9(18)7-8/h2-7,18H,1H3,(H,16,17). The fourth-order valence-electron chi connectivity index (χ4n) is 1.97. The number of fused-ring (bicyclic) bond motifs is 1. The van der Waals surface area contributed by atoms with Gasteiger partial charge in [0.05, 0.1) is 17.1 Å². The molecule has 3 aromatic rings. The number of nitrogens with zero attached hydrogens (tertiary/aromatic N) is 1. The van der Waals surface area contributed by atoms with Crippen LogP contribution < -0.4 is 4.74 Å². The van der Waals surface area contributed by atoms with Crippen LogP contribution in [0.5, 0.6) is 11.5 Å². The molecule has 0 amide bonds. The van der Waals surface area contributed by atoms with Gasteiger partial charge in [0.1, 0.15) is 22.8 Å². The molecule has 0 aliphatic heterocycles. The number of hydrogen-bond donors (Lipinski definition) is 2. The molecule has 0 radical (unpaired) electrons. The van der Waals surface area contributed by atoms with Crippen molar-refractivity contribution in [3.05, 3.63) is 40.9 Å². The van der Waals surface area contributed by atoms with Crippen LogP contribution in [0, 0.1) is 0 Å². The second kappa shape index (κ2) is 4.59. The third-order valence-corrected chi connectivity index (χ3v) is 3.66. The first kappa shape index (κ1) is 12.0. The molecule has 3 rings (SSSR count). The van der Waals surface area contributed by atoms with Crippen LogP contribution in [0.15, 0.2) is 40.9 Å². The number of aromatic nitrogens is 2. The summed E-state index contributed by atoms with van der Waals surface area (Å²) < 4.78 is 6.06. The fraction of sp³-hybridized carbons (Fsp3) is 0.0714. The van der Waals surface area contributed by atoms with Crippen LogP contribution in [-0.4, -0.2) is 22.2 Å². The molecule has 0 unspecified atom stereocenters. The number of methoxy groups -OCH3 is 1. The van der Waals surface area contributed by atoms with Gasteiger partial charge in [0.15, 0.2) is 0 Å². The molecule has 4 nitrogen and oxygen atoms in total. The van der Waals surface area contributed by atoms with Gasteiger partial charge in [-0.05, 0) is 40.2 Å². The van der Waals surface area contributed by atoms with Crippen LogP contribution in [-0.2, 0) is 0 Å². The van der Waals surface area contributed by atoms with Crippen molar-refractivity contribution in [2.45, 2.75) is 0 Å². The van der Waals surface area contributed by atoms with Crippen molar-refractivity contribution in [3.63, 3.8) is 0 Å². The number of phenolic OH excluding ortho intramolecular Hbond substituents is 1. The van der Waals surface area contributed by atoms with Gasteiger partial charge in [-0.2, -0.15) is 0 Å². The highest BCUT2D eigenvalue weighted by Gasteiger charge is 2.11. The number of aromatic hydroxyl groups is 1. The van der Waals surface area contributed by atoms with Gasteiger partial charge < -0.3 is 14.8 Å². The van der Waals surface area contributed by atoms with E-state index in [0.717, 1.165) is 26.8 Å². The van der Waals surface area contributed by atoms with E-state index in [2.05, 4.69) is 25.9 Å². The van der Waals surface area contributed by atoms with E-state index >= 15 is 0 Å². The molecule has 96 valence electrons. The lowest BCUT2D eigenvalue weighted by atomic mass is 10.2. The minimum absolute atomic E-state index is 0.217. The van der Waals surface area contributed by atoms with Crippen molar-refractivity contribution >= 4 is 27.0 Å². The van der Waals surface area contributed by atoms with Gasteiger partial charge >= 0.3 is 0 Å². The average molecular weight is 319 g/mol. The maximum absolute atomic E-state index is 9.52. The molecule has 1 heterocycles. The lowest BCUT2D eigenvalue weighted by Gasteiger charge is -2.01. The Morgan fingerprint density at radius 3 is 2.84 bits per heavy atom. The maximum Gasteiger partial charge on any atom is 0.138 e. The van der Waals surface area contributed by atoms with Crippen molar-refractivity contribution in [1.82, 2.24) is 9.97 Å². The molecule has 1 aromatic heterocycles. The highest BCUT2D eigenvalue weighted by Crippen LogP contribution is 2.33. The van der Waals surface area contributed by atoms with Gasteiger partial charge in [0.2, 0.25) is 0 Å². The van der Waals surface area contributed by atoms with Gasteiger partial charge in [-0.15, -0.1) is 0 Å². The Labute approximate surface area is 118 Å². The summed E-state index contributed by atoms with van der Waals surface area (Å²) in [5, 5.41) is 9.52. The summed E-state index contributed by atoms with van der Waals surface area (Å²) in [5.41, 5.74) is 2.55. The average Bonchev–Trinajstić information content (AvgIpc) is 2.84. The number of imidazole rings is 1. The topological polar surface area (TPSA) is 58.1 Å². The second-order valence-corrected chi connectivity index (χ2v) is 4.91. The first-order valence-electron chi connectivity index (χ1n) is 5.70. The zero-order valence-electron chi connectivity index (χ0n) is 10.1. The summed E-state index contributed by atoms with van der Waals surface area (Å²) in [6.45, 7) is 0. The summed E-state index contributed by atoms with van der Waals surface area (Å²) in [7, 11) is 1.62. The molecule has 2 aromatic carbocycles. The first-order valence-corrected chi connectivity index (χ1v) is 6.50. The van der Waals surface area contributed by atoms with Crippen LogP contribution in [0.2, 0.25) is 0 Å². The van der Waals surface area contributed by atoms with Crippen LogP contribution in [0.4, 0.5) is 0 Å². The van der Waals surface area contributed by atoms with E-state index in [1.807, 2.05) is 18.2 Å². The molecule has 2 N–H and O–H groups in total. The molecule has 0 saturated heterocycles. The molecule has 0 spiro atoms. The van der Waals surface area contributed by atoms with Crippen LogP contribution in [0.1, 0.15) is 0 Å². The number of H-pyrrole nitrogens is 1. The molecule has 0 fully saturated rings. The van der Waals surface area contributed by atoms with E-state index in [0.29, 0.717) is 5.82 Å². The molecule has 0 atom stereocenters. The second-order valence-electron chi connectivity index (χ2n) is 4.11. The van der Waals surface area contributed by atoms with E-state index in [1.165, 1.54) is 0 Å². The Morgan fingerprint density at radius 1 is 1.26 bits per heavy atom. The SMILES string of the molecule is COc1ccc2[nH]c(-c3cccc(O)c3)nc2c1Br. The number of benzene rings is 2. The summed E-state index contributed by atoms with van der Waals surface area (Å²) in [6, 6.07) is 10.8. The number of ether oxygens (including phenoxy) is 1. The van der Waals surface area contributed by atoms with Crippen molar-refractivity contribution < 1.29 is 9.84 Å². The normalized spacial score (nSPS) is 10.8. The molecule has 0 saturated carbocycles. The van der Waals surface area contributed by atoms with Crippen LogP contribution >= 0.6 is 15.9 Å². The number of nitrogens with one attached hydrogen (secondary N) is 1. The molecule has 0 aliphatic rings. The van der Waals surface area contributed by atoms with Crippen LogP contribution in [0.3, 0.4) is 0 Å². The van der Waals surface area contributed by atoms with E-state index in [-0.39, 0.29) is 5.75 Å². The Kier molecular flexibility index (Phi) is 2.91.